The van der Waals surface area contributed by atoms with Gasteiger partial charge in [0.15, 0.2) is 0 Å². The Labute approximate surface area is 117 Å². The van der Waals surface area contributed by atoms with Crippen molar-refractivity contribution in [1.29, 1.82) is 0 Å². The van der Waals surface area contributed by atoms with Crippen molar-refractivity contribution < 1.29 is 4.79 Å². The minimum Gasteiger partial charge on any atom is -0.393 e. The Morgan fingerprint density at radius 3 is 2.63 bits per heavy atom. The molecule has 98 valence electrons. The van der Waals surface area contributed by atoms with Crippen LogP contribution < -0.4 is 11.1 Å². The molecule has 2 aromatic carbocycles. The van der Waals surface area contributed by atoms with Gasteiger partial charge < -0.3 is 11.1 Å². The molecule has 19 heavy (non-hydrogen) atoms. The molecule has 2 aromatic rings. The van der Waals surface area contributed by atoms with Gasteiger partial charge in [-0.2, -0.15) is 0 Å². The van der Waals surface area contributed by atoms with E-state index >= 15 is 0 Å². The zero-order valence-corrected chi connectivity index (χ0v) is 11.5. The molecule has 0 saturated heterocycles. The molecule has 0 aliphatic rings. The van der Waals surface area contributed by atoms with Gasteiger partial charge in [-0.05, 0) is 17.9 Å². The molecular weight excluding hydrogens is 256 g/mol. The van der Waals surface area contributed by atoms with Crippen molar-refractivity contribution >= 4 is 39.6 Å². The largest absolute Gasteiger partial charge is 0.393 e. The lowest BCUT2D eigenvalue weighted by Crippen LogP contribution is -2.32. The second kappa shape index (κ2) is 5.80. The molecule has 0 aromatic heterocycles. The summed E-state index contributed by atoms with van der Waals surface area (Å²) in [4.78, 5) is 12.4. The fraction of sp³-hybridized carbons (Fsp3) is 0.200. The first kappa shape index (κ1) is 13.5. The molecule has 0 aliphatic carbocycles. The number of nitrogens with two attached hydrogens (primary N) is 1. The van der Waals surface area contributed by atoms with Crippen molar-refractivity contribution in [2.24, 2.45) is 11.7 Å². The molecule has 0 bridgehead atoms. The van der Waals surface area contributed by atoms with E-state index in [1.54, 1.807) is 0 Å². The lowest BCUT2D eigenvalue weighted by atomic mass is 10.0. The molecule has 0 aliphatic heterocycles. The maximum absolute atomic E-state index is 12.2. The molecule has 4 heteroatoms. The third-order valence-corrected chi connectivity index (χ3v) is 3.40. The Bertz CT molecular complexity index is 619. The quantitative estimate of drug-likeness (QED) is 0.841. The summed E-state index contributed by atoms with van der Waals surface area (Å²) in [6.07, 6.45) is 0.603. The lowest BCUT2D eigenvalue weighted by Gasteiger charge is -2.14. The zero-order valence-electron chi connectivity index (χ0n) is 10.7. The van der Waals surface area contributed by atoms with E-state index in [1.807, 2.05) is 49.4 Å². The maximum atomic E-state index is 12.2. The monoisotopic (exact) mass is 272 g/mol. The molecule has 3 nitrogen and oxygen atoms in total. The number of rotatable bonds is 4. The summed E-state index contributed by atoms with van der Waals surface area (Å²) in [6.45, 7) is 1.90. The van der Waals surface area contributed by atoms with Gasteiger partial charge >= 0.3 is 0 Å². The van der Waals surface area contributed by atoms with E-state index in [4.69, 9.17) is 18.0 Å². The molecule has 0 radical (unpaired) electrons. The number of hydrogen-bond donors (Lipinski definition) is 2. The highest BCUT2D eigenvalue weighted by Crippen LogP contribution is 2.23. The van der Waals surface area contributed by atoms with Gasteiger partial charge in [-0.25, -0.2) is 0 Å². The van der Waals surface area contributed by atoms with Gasteiger partial charge in [0.05, 0.1) is 10.9 Å². The van der Waals surface area contributed by atoms with E-state index in [0.717, 1.165) is 16.5 Å². The van der Waals surface area contributed by atoms with E-state index in [2.05, 4.69) is 5.32 Å². The highest BCUT2D eigenvalue weighted by molar-refractivity contribution is 7.80. The van der Waals surface area contributed by atoms with Crippen molar-refractivity contribution in [2.45, 2.75) is 13.3 Å². The summed E-state index contributed by atoms with van der Waals surface area (Å²) in [5.41, 5.74) is 6.37. The third kappa shape index (κ3) is 2.90. The third-order valence-electron chi connectivity index (χ3n) is 3.12. The SMILES string of the molecule is CCC(C(=O)Nc1cccc2ccccc12)C(N)=S. The number of anilines is 1. The van der Waals surface area contributed by atoms with E-state index < -0.39 is 5.92 Å². The van der Waals surface area contributed by atoms with Crippen molar-refractivity contribution in [1.82, 2.24) is 0 Å². The Balaban J connectivity index is 2.31. The van der Waals surface area contributed by atoms with Crippen LogP contribution in [0.5, 0.6) is 0 Å². The van der Waals surface area contributed by atoms with Gasteiger partial charge in [0.2, 0.25) is 5.91 Å². The van der Waals surface area contributed by atoms with Gasteiger partial charge in [0.25, 0.3) is 0 Å². The van der Waals surface area contributed by atoms with Gasteiger partial charge in [-0.15, -0.1) is 0 Å². The molecule has 3 N–H and O–H groups in total. The molecule has 0 saturated carbocycles. The lowest BCUT2D eigenvalue weighted by molar-refractivity contribution is -0.118. The highest BCUT2D eigenvalue weighted by Gasteiger charge is 2.19. The Kier molecular flexibility index (Phi) is 4.12. The molecule has 0 fully saturated rings. The van der Waals surface area contributed by atoms with Crippen LogP contribution in [0.4, 0.5) is 5.69 Å². The van der Waals surface area contributed by atoms with Crippen LogP contribution >= 0.6 is 12.2 Å². The highest BCUT2D eigenvalue weighted by atomic mass is 32.1. The summed E-state index contributed by atoms with van der Waals surface area (Å²) in [7, 11) is 0. The van der Waals surface area contributed by atoms with Crippen LogP contribution in [0.15, 0.2) is 42.5 Å². The number of thiocarbonyl (C=S) groups is 1. The predicted octanol–water partition coefficient (Wildman–Crippen LogP) is 3.09. The van der Waals surface area contributed by atoms with Crippen LogP contribution in [-0.4, -0.2) is 10.9 Å². The average molecular weight is 272 g/mol. The fourth-order valence-electron chi connectivity index (χ4n) is 2.07. The number of carbonyl (C=O) groups excluding carboxylic acids is 1. The molecule has 2 rings (SSSR count). The van der Waals surface area contributed by atoms with Gasteiger partial charge in [-0.1, -0.05) is 55.5 Å². The minimum absolute atomic E-state index is 0.147. The van der Waals surface area contributed by atoms with E-state index in [-0.39, 0.29) is 10.9 Å². The summed E-state index contributed by atoms with van der Waals surface area (Å²) < 4.78 is 0. The summed E-state index contributed by atoms with van der Waals surface area (Å²) in [5, 5.41) is 5.01. The first-order chi connectivity index (χ1) is 9.13. The van der Waals surface area contributed by atoms with Crippen molar-refractivity contribution in [3.8, 4) is 0 Å². The van der Waals surface area contributed by atoms with Gasteiger partial charge in [-0.3, -0.25) is 4.79 Å². The second-order valence-corrected chi connectivity index (χ2v) is 4.85. The second-order valence-electron chi connectivity index (χ2n) is 4.38. The normalized spacial score (nSPS) is 12.1. The zero-order chi connectivity index (χ0) is 13.8. The Morgan fingerprint density at radius 2 is 1.95 bits per heavy atom. The van der Waals surface area contributed by atoms with Crippen LogP contribution in [0.2, 0.25) is 0 Å². The van der Waals surface area contributed by atoms with Crippen LogP contribution in [-0.2, 0) is 4.79 Å². The van der Waals surface area contributed by atoms with E-state index in [0.29, 0.717) is 6.42 Å². The molecular formula is C15H16N2OS. The molecule has 0 spiro atoms. The van der Waals surface area contributed by atoms with Gasteiger partial charge in [0.1, 0.15) is 0 Å². The van der Waals surface area contributed by atoms with Crippen molar-refractivity contribution in [2.75, 3.05) is 5.32 Å². The number of amides is 1. The number of fused-ring (bicyclic) bond motifs is 1. The predicted molar refractivity (Wildman–Crippen MR) is 83.1 cm³/mol. The van der Waals surface area contributed by atoms with Crippen molar-refractivity contribution in [3.63, 3.8) is 0 Å². The summed E-state index contributed by atoms with van der Waals surface area (Å²) in [5.74, 6) is -0.569. The number of hydrogen-bond acceptors (Lipinski definition) is 2. The minimum atomic E-state index is -0.422. The standard InChI is InChI=1S/C15H16N2OS/c1-2-11(14(16)19)15(18)17-13-9-5-7-10-6-3-4-8-12(10)13/h3-9,11H,2H2,1H3,(H2,16,19)(H,17,18). The van der Waals surface area contributed by atoms with Gasteiger partial charge in [0, 0.05) is 11.1 Å². The Morgan fingerprint density at radius 1 is 1.26 bits per heavy atom. The summed E-state index contributed by atoms with van der Waals surface area (Å²) >= 11 is 4.92. The number of nitrogens with one attached hydrogen (secondary N) is 1. The number of benzene rings is 2. The van der Waals surface area contributed by atoms with Crippen LogP contribution in [0.3, 0.4) is 0 Å². The van der Waals surface area contributed by atoms with Crippen LogP contribution in [0.1, 0.15) is 13.3 Å². The first-order valence-corrected chi connectivity index (χ1v) is 6.62. The van der Waals surface area contributed by atoms with Crippen LogP contribution in [0, 0.1) is 5.92 Å². The summed E-state index contributed by atoms with van der Waals surface area (Å²) in [6, 6.07) is 13.7. The average Bonchev–Trinajstić information content (AvgIpc) is 2.39. The fourth-order valence-corrected chi connectivity index (χ4v) is 2.34. The molecule has 1 unspecified atom stereocenters. The first-order valence-electron chi connectivity index (χ1n) is 6.21. The van der Waals surface area contributed by atoms with E-state index in [1.165, 1.54) is 0 Å². The topological polar surface area (TPSA) is 55.1 Å². The van der Waals surface area contributed by atoms with Crippen LogP contribution in [0.25, 0.3) is 10.8 Å². The number of carbonyl (C=O) groups is 1. The molecule has 1 atom stereocenters. The van der Waals surface area contributed by atoms with Crippen molar-refractivity contribution in [3.05, 3.63) is 42.5 Å². The molecule has 1 amide bonds. The maximum Gasteiger partial charge on any atom is 0.234 e. The Hall–Kier alpha value is -1.94. The smallest absolute Gasteiger partial charge is 0.234 e. The van der Waals surface area contributed by atoms with E-state index in [9.17, 15) is 4.79 Å². The molecule has 0 heterocycles.